The first-order chi connectivity index (χ1) is 7.69. The van der Waals surface area contributed by atoms with Gasteiger partial charge in [0.05, 0.1) is 5.69 Å². The Morgan fingerprint density at radius 1 is 1.38 bits per heavy atom. The van der Waals surface area contributed by atoms with Crippen LogP contribution in [0.5, 0.6) is 0 Å². The number of aldehydes is 1. The monoisotopic (exact) mass is 234 g/mol. The molecule has 16 heavy (non-hydrogen) atoms. The smallest absolute Gasteiger partial charge is 0.168 e. The molecule has 2 rings (SSSR count). The highest BCUT2D eigenvalue weighted by Gasteiger charge is 2.04. The Kier molecular flexibility index (Phi) is 3.06. The highest BCUT2D eigenvalue weighted by Crippen LogP contribution is 2.13. The van der Waals surface area contributed by atoms with Gasteiger partial charge < -0.3 is 0 Å². The fraction of sp³-hybridized carbons (Fsp3) is 0.167. The van der Waals surface area contributed by atoms with E-state index < -0.39 is 0 Å². The number of nitrogens with zero attached hydrogens (tertiary/aromatic N) is 2. The summed E-state index contributed by atoms with van der Waals surface area (Å²) in [6, 6.07) is 9.40. The lowest BCUT2D eigenvalue weighted by Crippen LogP contribution is -1.96. The molecule has 0 fully saturated rings. The van der Waals surface area contributed by atoms with Gasteiger partial charge in [-0.05, 0) is 23.8 Å². The number of halogens is 1. The number of benzene rings is 1. The number of hydrogen-bond donors (Lipinski definition) is 0. The zero-order chi connectivity index (χ0) is 11.5. The summed E-state index contributed by atoms with van der Waals surface area (Å²) in [5.74, 6) is 0. The number of carbonyl (C=O) groups excluding carboxylic acids is 1. The second kappa shape index (κ2) is 4.49. The largest absolute Gasteiger partial charge is 0.296 e. The fourth-order valence-corrected chi connectivity index (χ4v) is 1.68. The number of aryl methyl sites for hydroxylation is 1. The van der Waals surface area contributed by atoms with Gasteiger partial charge in [0.15, 0.2) is 6.29 Å². The van der Waals surface area contributed by atoms with Gasteiger partial charge in [-0.2, -0.15) is 5.10 Å². The Bertz CT molecular complexity index is 502. The van der Waals surface area contributed by atoms with Crippen LogP contribution in [0.15, 0.2) is 30.3 Å². The van der Waals surface area contributed by atoms with Crippen LogP contribution >= 0.6 is 11.6 Å². The molecule has 0 aliphatic heterocycles. The molecular formula is C12H11ClN2O. The highest BCUT2D eigenvalue weighted by molar-refractivity contribution is 6.30. The van der Waals surface area contributed by atoms with Crippen LogP contribution < -0.4 is 0 Å². The minimum absolute atomic E-state index is 0.587. The van der Waals surface area contributed by atoms with Gasteiger partial charge in [0.2, 0.25) is 0 Å². The van der Waals surface area contributed by atoms with Crippen LogP contribution in [0.4, 0.5) is 0 Å². The minimum Gasteiger partial charge on any atom is -0.296 e. The van der Waals surface area contributed by atoms with Crippen molar-refractivity contribution in [1.82, 2.24) is 9.78 Å². The first-order valence-electron chi connectivity index (χ1n) is 4.91. The van der Waals surface area contributed by atoms with Crippen molar-refractivity contribution >= 4 is 17.9 Å². The predicted octanol–water partition coefficient (Wildman–Crippen LogP) is 2.48. The molecule has 0 saturated heterocycles. The molecule has 0 spiro atoms. The van der Waals surface area contributed by atoms with E-state index in [1.165, 1.54) is 0 Å². The van der Waals surface area contributed by atoms with Crippen molar-refractivity contribution < 1.29 is 4.79 Å². The average molecular weight is 235 g/mol. The molecule has 1 aromatic carbocycles. The topological polar surface area (TPSA) is 34.9 Å². The molecule has 0 bridgehead atoms. The Morgan fingerprint density at radius 2 is 2.06 bits per heavy atom. The van der Waals surface area contributed by atoms with Crippen molar-refractivity contribution in [2.45, 2.75) is 6.42 Å². The van der Waals surface area contributed by atoms with Crippen LogP contribution in [-0.2, 0) is 13.5 Å². The molecule has 0 amide bonds. The second-order valence-electron chi connectivity index (χ2n) is 3.61. The normalized spacial score (nSPS) is 10.4. The molecule has 0 unspecified atom stereocenters. The van der Waals surface area contributed by atoms with Crippen molar-refractivity contribution in [2.75, 3.05) is 0 Å². The molecule has 0 saturated carbocycles. The Hall–Kier alpha value is -1.61. The molecule has 82 valence electrons. The first kappa shape index (κ1) is 10.9. The van der Waals surface area contributed by atoms with E-state index in [9.17, 15) is 4.79 Å². The van der Waals surface area contributed by atoms with Gasteiger partial charge in [-0.3, -0.25) is 9.48 Å². The first-order valence-corrected chi connectivity index (χ1v) is 5.29. The van der Waals surface area contributed by atoms with E-state index in [2.05, 4.69) is 5.10 Å². The molecular weight excluding hydrogens is 224 g/mol. The maximum absolute atomic E-state index is 10.7. The zero-order valence-corrected chi connectivity index (χ0v) is 9.61. The lowest BCUT2D eigenvalue weighted by Gasteiger charge is -1.97. The molecule has 0 aliphatic carbocycles. The van der Waals surface area contributed by atoms with E-state index in [0.717, 1.165) is 22.6 Å². The van der Waals surface area contributed by atoms with E-state index in [1.54, 1.807) is 17.8 Å². The Morgan fingerprint density at radius 3 is 2.62 bits per heavy atom. The number of hydrogen-bond acceptors (Lipinski definition) is 2. The quantitative estimate of drug-likeness (QED) is 0.765. The SMILES string of the molecule is Cn1nc(Cc2ccc(Cl)cc2)cc1C=O. The van der Waals surface area contributed by atoms with Crippen molar-refractivity contribution in [3.05, 3.63) is 52.3 Å². The maximum atomic E-state index is 10.7. The van der Waals surface area contributed by atoms with Gasteiger partial charge in [0, 0.05) is 18.5 Å². The van der Waals surface area contributed by atoms with Crippen LogP contribution in [-0.4, -0.2) is 16.1 Å². The van der Waals surface area contributed by atoms with Crippen molar-refractivity contribution in [3.8, 4) is 0 Å². The number of rotatable bonds is 3. The van der Waals surface area contributed by atoms with Crippen LogP contribution in [0.1, 0.15) is 21.7 Å². The van der Waals surface area contributed by atoms with Gasteiger partial charge in [0.1, 0.15) is 5.69 Å². The average Bonchev–Trinajstić information content (AvgIpc) is 2.62. The van der Waals surface area contributed by atoms with Gasteiger partial charge in [-0.1, -0.05) is 23.7 Å². The Labute approximate surface area is 98.7 Å². The van der Waals surface area contributed by atoms with Crippen molar-refractivity contribution in [3.63, 3.8) is 0 Å². The van der Waals surface area contributed by atoms with E-state index in [-0.39, 0.29) is 0 Å². The summed E-state index contributed by atoms with van der Waals surface area (Å²) in [4.78, 5) is 10.7. The third-order valence-corrected chi connectivity index (χ3v) is 2.64. The molecule has 0 atom stereocenters. The zero-order valence-electron chi connectivity index (χ0n) is 8.85. The third kappa shape index (κ3) is 2.31. The molecule has 1 aromatic heterocycles. The van der Waals surface area contributed by atoms with Crippen LogP contribution in [0.25, 0.3) is 0 Å². The summed E-state index contributed by atoms with van der Waals surface area (Å²) >= 11 is 5.80. The van der Waals surface area contributed by atoms with E-state index >= 15 is 0 Å². The van der Waals surface area contributed by atoms with Crippen LogP contribution in [0, 0.1) is 0 Å². The molecule has 0 radical (unpaired) electrons. The minimum atomic E-state index is 0.587. The van der Waals surface area contributed by atoms with Gasteiger partial charge in [0.25, 0.3) is 0 Å². The summed E-state index contributed by atoms with van der Waals surface area (Å²) in [6.07, 6.45) is 1.51. The maximum Gasteiger partial charge on any atom is 0.168 e. The molecule has 0 aliphatic rings. The summed E-state index contributed by atoms with van der Waals surface area (Å²) < 4.78 is 1.58. The second-order valence-corrected chi connectivity index (χ2v) is 4.04. The van der Waals surface area contributed by atoms with Crippen LogP contribution in [0.2, 0.25) is 5.02 Å². The van der Waals surface area contributed by atoms with Crippen molar-refractivity contribution in [1.29, 1.82) is 0 Å². The molecule has 2 aromatic rings. The summed E-state index contributed by atoms with van der Waals surface area (Å²) in [5, 5.41) is 4.97. The predicted molar refractivity (Wildman–Crippen MR) is 62.9 cm³/mol. The van der Waals surface area contributed by atoms with Gasteiger partial charge in [-0.15, -0.1) is 0 Å². The van der Waals surface area contributed by atoms with Crippen LogP contribution in [0.3, 0.4) is 0 Å². The van der Waals surface area contributed by atoms with Gasteiger partial charge >= 0.3 is 0 Å². The Balaban J connectivity index is 2.20. The highest BCUT2D eigenvalue weighted by atomic mass is 35.5. The van der Waals surface area contributed by atoms with E-state index in [1.807, 2.05) is 24.3 Å². The molecule has 4 heteroatoms. The van der Waals surface area contributed by atoms with Crippen molar-refractivity contribution in [2.24, 2.45) is 7.05 Å². The molecule has 0 N–H and O–H groups in total. The third-order valence-electron chi connectivity index (χ3n) is 2.39. The molecule has 3 nitrogen and oxygen atoms in total. The lowest BCUT2D eigenvalue weighted by molar-refractivity contribution is 0.111. The summed E-state index contributed by atoms with van der Waals surface area (Å²) in [6.45, 7) is 0. The summed E-state index contributed by atoms with van der Waals surface area (Å²) in [5.41, 5.74) is 2.59. The lowest BCUT2D eigenvalue weighted by atomic mass is 10.1. The van der Waals surface area contributed by atoms with E-state index in [4.69, 9.17) is 11.6 Å². The van der Waals surface area contributed by atoms with E-state index in [0.29, 0.717) is 12.1 Å². The fourth-order valence-electron chi connectivity index (χ4n) is 1.55. The molecule has 1 heterocycles. The standard InChI is InChI=1S/C12H11ClN2O/c1-15-12(8-16)7-11(14-15)6-9-2-4-10(13)5-3-9/h2-5,7-8H,6H2,1H3. The van der Waals surface area contributed by atoms with Gasteiger partial charge in [-0.25, -0.2) is 0 Å². The summed E-state index contributed by atoms with van der Waals surface area (Å²) in [7, 11) is 1.76. The number of aromatic nitrogens is 2. The number of carbonyl (C=O) groups is 1.